The predicted octanol–water partition coefficient (Wildman–Crippen LogP) is 3.08. The Hall–Kier alpha value is -1.98. The third kappa shape index (κ3) is 2.45. The Kier molecular flexibility index (Phi) is 3.43. The van der Waals surface area contributed by atoms with Gasteiger partial charge in [-0.25, -0.2) is 9.50 Å². The fourth-order valence-corrected chi connectivity index (χ4v) is 6.38. The van der Waals surface area contributed by atoms with Gasteiger partial charge in [-0.05, 0) is 88.5 Å². The van der Waals surface area contributed by atoms with E-state index in [2.05, 4.69) is 27.3 Å². The van der Waals surface area contributed by atoms with Gasteiger partial charge in [-0.1, -0.05) is 0 Å². The molecule has 4 aliphatic carbocycles. The molecule has 1 unspecified atom stereocenters. The first-order valence-corrected chi connectivity index (χ1v) is 9.94. The number of carbonyl (C=O) groups excluding carboxylic acids is 1. The number of nitrogens with zero attached hydrogens (tertiary/aromatic N) is 4. The molecule has 2 aromatic rings. The number of hydrogen-bond acceptors (Lipinski definition) is 4. The van der Waals surface area contributed by atoms with E-state index >= 15 is 0 Å². The molecule has 1 amide bonds. The van der Waals surface area contributed by atoms with Crippen LogP contribution in [-0.2, 0) is 0 Å². The van der Waals surface area contributed by atoms with Crippen LogP contribution < -0.4 is 5.32 Å². The second kappa shape index (κ2) is 5.51. The molecular formula is C20H27N5O. The topological polar surface area (TPSA) is 72.2 Å². The Morgan fingerprint density at radius 3 is 2.38 bits per heavy atom. The molecule has 6 heteroatoms. The van der Waals surface area contributed by atoms with E-state index < -0.39 is 0 Å². The summed E-state index contributed by atoms with van der Waals surface area (Å²) in [6, 6.07) is 2.12. The first-order chi connectivity index (χ1) is 12.4. The number of fused-ring (bicyclic) bond motifs is 1. The fourth-order valence-electron chi connectivity index (χ4n) is 6.38. The van der Waals surface area contributed by atoms with Crippen LogP contribution in [-0.4, -0.2) is 31.5 Å². The molecule has 2 aromatic heterocycles. The molecule has 1 atom stereocenters. The van der Waals surface area contributed by atoms with Crippen molar-refractivity contribution in [3.8, 4) is 0 Å². The van der Waals surface area contributed by atoms with Crippen LogP contribution in [0.1, 0.15) is 67.5 Å². The predicted molar refractivity (Wildman–Crippen MR) is 97.8 cm³/mol. The van der Waals surface area contributed by atoms with E-state index in [1.807, 2.05) is 19.9 Å². The number of rotatable bonds is 3. The molecule has 1 N–H and O–H groups in total. The first kappa shape index (κ1) is 16.2. The normalized spacial score (nSPS) is 33.6. The number of hydrogen-bond donors (Lipinski definition) is 1. The van der Waals surface area contributed by atoms with Gasteiger partial charge in [0.25, 0.3) is 11.7 Å². The van der Waals surface area contributed by atoms with Gasteiger partial charge in [0.2, 0.25) is 5.82 Å². The van der Waals surface area contributed by atoms with Crippen LogP contribution in [0.25, 0.3) is 5.78 Å². The molecule has 2 heterocycles. The Labute approximate surface area is 153 Å². The van der Waals surface area contributed by atoms with E-state index in [9.17, 15) is 4.79 Å². The summed E-state index contributed by atoms with van der Waals surface area (Å²) in [7, 11) is 0. The van der Waals surface area contributed by atoms with Crippen molar-refractivity contribution in [2.75, 3.05) is 0 Å². The van der Waals surface area contributed by atoms with Crippen LogP contribution in [0.4, 0.5) is 0 Å². The summed E-state index contributed by atoms with van der Waals surface area (Å²) in [5.74, 6) is 3.19. The molecule has 0 aromatic carbocycles. The molecular weight excluding hydrogens is 326 g/mol. The third-order valence-electron chi connectivity index (χ3n) is 7.17. The van der Waals surface area contributed by atoms with Gasteiger partial charge < -0.3 is 5.32 Å². The van der Waals surface area contributed by atoms with Crippen molar-refractivity contribution >= 4 is 11.7 Å². The Morgan fingerprint density at radius 1 is 1.15 bits per heavy atom. The average molecular weight is 353 g/mol. The maximum atomic E-state index is 12.8. The standard InChI is InChI=1S/C20H27N5O/c1-11-4-12(2)25-19(21-11)23-17(24-25)18(26)22-13(3)20-8-14-5-15(9-20)7-16(6-14)10-20/h4,13-16H,5-10H2,1-3H3,(H,22,26). The van der Waals surface area contributed by atoms with Crippen LogP contribution in [0.15, 0.2) is 6.07 Å². The lowest BCUT2D eigenvalue weighted by Gasteiger charge is -2.59. The van der Waals surface area contributed by atoms with Crippen LogP contribution in [0.3, 0.4) is 0 Å². The Balaban J connectivity index is 1.38. The zero-order valence-corrected chi connectivity index (χ0v) is 15.8. The van der Waals surface area contributed by atoms with Gasteiger partial charge in [0.1, 0.15) is 0 Å². The number of aryl methyl sites for hydroxylation is 2. The van der Waals surface area contributed by atoms with Gasteiger partial charge in [-0.2, -0.15) is 4.98 Å². The molecule has 0 aliphatic heterocycles. The zero-order valence-electron chi connectivity index (χ0n) is 15.8. The number of amides is 1. The summed E-state index contributed by atoms with van der Waals surface area (Å²) in [5.41, 5.74) is 2.11. The number of carbonyl (C=O) groups is 1. The number of nitrogens with one attached hydrogen (secondary N) is 1. The van der Waals surface area contributed by atoms with Crippen molar-refractivity contribution in [1.82, 2.24) is 24.9 Å². The second-order valence-electron chi connectivity index (χ2n) is 9.16. The van der Waals surface area contributed by atoms with Crippen LogP contribution in [0.2, 0.25) is 0 Å². The highest BCUT2D eigenvalue weighted by atomic mass is 16.2. The van der Waals surface area contributed by atoms with Crippen LogP contribution >= 0.6 is 0 Å². The molecule has 4 aliphatic rings. The van der Waals surface area contributed by atoms with Gasteiger partial charge in [0.05, 0.1) is 0 Å². The minimum atomic E-state index is -0.171. The lowest BCUT2D eigenvalue weighted by molar-refractivity contribution is -0.0688. The van der Waals surface area contributed by atoms with Crippen LogP contribution in [0, 0.1) is 37.0 Å². The smallest absolute Gasteiger partial charge is 0.291 e. The van der Waals surface area contributed by atoms with Gasteiger partial charge in [0.15, 0.2) is 0 Å². The highest BCUT2D eigenvalue weighted by Gasteiger charge is 2.53. The molecule has 0 saturated heterocycles. The van der Waals surface area contributed by atoms with E-state index in [1.165, 1.54) is 38.5 Å². The maximum Gasteiger partial charge on any atom is 0.291 e. The minimum Gasteiger partial charge on any atom is -0.346 e. The van der Waals surface area contributed by atoms with Gasteiger partial charge in [-0.15, -0.1) is 5.10 Å². The molecule has 6 nitrogen and oxygen atoms in total. The molecule has 0 spiro atoms. The van der Waals surface area contributed by atoms with Crippen molar-refractivity contribution < 1.29 is 4.79 Å². The summed E-state index contributed by atoms with van der Waals surface area (Å²) in [6.45, 7) is 6.07. The first-order valence-electron chi connectivity index (χ1n) is 9.94. The highest BCUT2D eigenvalue weighted by molar-refractivity contribution is 5.91. The lowest BCUT2D eigenvalue weighted by Crippen LogP contribution is -2.55. The molecule has 138 valence electrons. The van der Waals surface area contributed by atoms with Gasteiger partial charge in [-0.3, -0.25) is 4.79 Å². The van der Waals surface area contributed by atoms with E-state index in [-0.39, 0.29) is 23.2 Å². The molecule has 26 heavy (non-hydrogen) atoms. The quantitative estimate of drug-likeness (QED) is 0.920. The summed E-state index contributed by atoms with van der Waals surface area (Å²) >= 11 is 0. The van der Waals surface area contributed by atoms with Crippen molar-refractivity contribution in [3.63, 3.8) is 0 Å². The van der Waals surface area contributed by atoms with E-state index in [4.69, 9.17) is 0 Å². The number of aromatic nitrogens is 4. The summed E-state index contributed by atoms with van der Waals surface area (Å²) in [5, 5.41) is 7.63. The van der Waals surface area contributed by atoms with E-state index in [1.54, 1.807) is 4.52 Å². The largest absolute Gasteiger partial charge is 0.346 e. The van der Waals surface area contributed by atoms with Crippen LogP contribution in [0.5, 0.6) is 0 Å². The molecule has 0 radical (unpaired) electrons. The maximum absolute atomic E-state index is 12.8. The molecule has 6 rings (SSSR count). The second-order valence-corrected chi connectivity index (χ2v) is 9.16. The van der Waals surface area contributed by atoms with Crippen molar-refractivity contribution in [2.45, 2.75) is 65.3 Å². The zero-order chi connectivity index (χ0) is 18.1. The Morgan fingerprint density at radius 2 is 1.77 bits per heavy atom. The fraction of sp³-hybridized carbons (Fsp3) is 0.700. The third-order valence-corrected chi connectivity index (χ3v) is 7.17. The minimum absolute atomic E-state index is 0.171. The van der Waals surface area contributed by atoms with Crippen molar-refractivity contribution in [2.24, 2.45) is 23.2 Å². The van der Waals surface area contributed by atoms with E-state index in [0.717, 1.165) is 29.1 Å². The van der Waals surface area contributed by atoms with Crippen molar-refractivity contribution in [1.29, 1.82) is 0 Å². The van der Waals surface area contributed by atoms with E-state index in [0.29, 0.717) is 5.78 Å². The lowest BCUT2D eigenvalue weighted by atomic mass is 9.48. The van der Waals surface area contributed by atoms with Gasteiger partial charge >= 0.3 is 0 Å². The van der Waals surface area contributed by atoms with Gasteiger partial charge in [0, 0.05) is 17.4 Å². The summed E-state index contributed by atoms with van der Waals surface area (Å²) < 4.78 is 1.65. The molecule has 4 bridgehead atoms. The monoisotopic (exact) mass is 353 g/mol. The Bertz CT molecular complexity index is 850. The van der Waals surface area contributed by atoms with Crippen molar-refractivity contribution in [3.05, 3.63) is 23.3 Å². The summed E-state index contributed by atoms with van der Waals surface area (Å²) in [6.07, 6.45) is 8.07. The SMILES string of the molecule is Cc1cc(C)n2nc(C(=O)NC(C)C34CC5CC(CC(C5)C3)C4)nc2n1. The average Bonchev–Trinajstić information content (AvgIpc) is 2.98. The molecule has 4 fully saturated rings. The molecule has 4 saturated carbocycles. The highest BCUT2D eigenvalue weighted by Crippen LogP contribution is 2.61. The summed E-state index contributed by atoms with van der Waals surface area (Å²) in [4.78, 5) is 21.6.